The van der Waals surface area contributed by atoms with Crippen molar-refractivity contribution in [1.82, 2.24) is 9.78 Å². The quantitative estimate of drug-likeness (QED) is 0.406. The van der Waals surface area contributed by atoms with Gasteiger partial charge in [0.25, 0.3) is 8.32 Å². The number of ether oxygens (including phenoxy) is 1. The third kappa shape index (κ3) is 6.19. The van der Waals surface area contributed by atoms with E-state index in [1.165, 1.54) is 0 Å². The van der Waals surface area contributed by atoms with E-state index in [0.29, 0.717) is 31.3 Å². The van der Waals surface area contributed by atoms with Crippen LogP contribution in [0.4, 0.5) is 0 Å². The van der Waals surface area contributed by atoms with E-state index >= 15 is 0 Å². The number of aromatic nitrogens is 2. The van der Waals surface area contributed by atoms with Crippen LogP contribution in [0.15, 0.2) is 6.07 Å². The Labute approximate surface area is 173 Å². The molecule has 0 aliphatic heterocycles. The zero-order valence-electron chi connectivity index (χ0n) is 19.7. The molecule has 28 heavy (non-hydrogen) atoms. The van der Waals surface area contributed by atoms with Gasteiger partial charge in [0, 0.05) is 6.07 Å². The molecule has 0 saturated heterocycles. The molecule has 1 aromatic rings. The van der Waals surface area contributed by atoms with Gasteiger partial charge in [-0.15, -0.1) is 5.10 Å². The number of esters is 1. The van der Waals surface area contributed by atoms with Crippen LogP contribution in [0.5, 0.6) is 5.88 Å². The molecule has 0 N–H and O–H groups in total. The lowest BCUT2D eigenvalue weighted by Gasteiger charge is -2.36. The highest BCUT2D eigenvalue weighted by atomic mass is 28.4. The van der Waals surface area contributed by atoms with Crippen LogP contribution in [0.2, 0.25) is 36.3 Å². The summed E-state index contributed by atoms with van der Waals surface area (Å²) < 4.78 is 19.4. The third-order valence-electron chi connectivity index (χ3n) is 5.98. The highest BCUT2D eigenvalue weighted by Gasteiger charge is 2.40. The monoisotopic (exact) mass is 428 g/mol. The van der Waals surface area contributed by atoms with Crippen LogP contribution in [-0.4, -0.2) is 45.6 Å². The first-order valence-electron chi connectivity index (χ1n) is 10.1. The van der Waals surface area contributed by atoms with Gasteiger partial charge in [-0.1, -0.05) is 41.5 Å². The summed E-state index contributed by atoms with van der Waals surface area (Å²) in [6.07, 6.45) is 0. The van der Waals surface area contributed by atoms with E-state index in [4.69, 9.17) is 13.6 Å². The molecule has 162 valence electrons. The van der Waals surface area contributed by atoms with Crippen LogP contribution in [0.25, 0.3) is 0 Å². The van der Waals surface area contributed by atoms with Gasteiger partial charge in [0.1, 0.15) is 5.69 Å². The number of carbonyl (C=O) groups excluding carboxylic acids is 1. The van der Waals surface area contributed by atoms with Crippen molar-refractivity contribution in [1.29, 1.82) is 0 Å². The summed E-state index contributed by atoms with van der Waals surface area (Å²) in [6.45, 7) is 25.0. The molecular formula is C20H40N2O4Si2. The molecule has 0 amide bonds. The molecule has 0 aromatic carbocycles. The minimum Gasteiger partial charge on any atom is -0.530 e. The average molecular weight is 429 g/mol. The van der Waals surface area contributed by atoms with E-state index in [1.807, 2.05) is 0 Å². The first-order chi connectivity index (χ1) is 12.5. The van der Waals surface area contributed by atoms with Crippen LogP contribution in [0.3, 0.4) is 0 Å². The summed E-state index contributed by atoms with van der Waals surface area (Å²) in [6, 6.07) is 1.70. The predicted molar refractivity (Wildman–Crippen MR) is 119 cm³/mol. The molecular weight excluding hydrogens is 388 g/mol. The van der Waals surface area contributed by atoms with Gasteiger partial charge in [-0.25, -0.2) is 4.79 Å². The minimum absolute atomic E-state index is 0.0479. The molecule has 0 fully saturated rings. The van der Waals surface area contributed by atoms with Crippen molar-refractivity contribution in [2.45, 2.75) is 91.3 Å². The average Bonchev–Trinajstić information content (AvgIpc) is 2.87. The van der Waals surface area contributed by atoms with E-state index in [-0.39, 0.29) is 16.0 Å². The summed E-state index contributed by atoms with van der Waals surface area (Å²) in [4.78, 5) is 12.4. The topological polar surface area (TPSA) is 62.6 Å². The molecule has 0 unspecified atom stereocenters. The Bertz CT molecular complexity index is 671. The van der Waals surface area contributed by atoms with Crippen LogP contribution in [0.1, 0.15) is 59.0 Å². The molecule has 0 aliphatic carbocycles. The summed E-state index contributed by atoms with van der Waals surface area (Å²) in [5, 5.41) is 4.74. The highest BCUT2D eigenvalue weighted by Crippen LogP contribution is 2.38. The molecule has 1 rings (SSSR count). The van der Waals surface area contributed by atoms with Gasteiger partial charge < -0.3 is 13.6 Å². The summed E-state index contributed by atoms with van der Waals surface area (Å²) >= 11 is 0. The van der Waals surface area contributed by atoms with Gasteiger partial charge in [-0.05, 0) is 43.2 Å². The fourth-order valence-electron chi connectivity index (χ4n) is 2.00. The van der Waals surface area contributed by atoms with E-state index < -0.39 is 16.6 Å². The van der Waals surface area contributed by atoms with Gasteiger partial charge in [0.15, 0.2) is 8.32 Å². The minimum atomic E-state index is -2.05. The second-order valence-electron chi connectivity index (χ2n) is 10.3. The van der Waals surface area contributed by atoms with E-state index in [2.05, 4.69) is 72.8 Å². The molecule has 1 aromatic heterocycles. The van der Waals surface area contributed by atoms with Crippen molar-refractivity contribution in [3.05, 3.63) is 11.8 Å². The number of carbonyl (C=O) groups is 1. The summed E-state index contributed by atoms with van der Waals surface area (Å²) in [5.41, 5.74) is 0.411. The van der Waals surface area contributed by atoms with Gasteiger partial charge in [-0.2, -0.15) is 0 Å². The SMILES string of the molecule is CCOC(=O)c1cc(O[Si](C)(C)C(C)(C)C)nn1CCO[Si](C)(C)C(C)(C)C. The van der Waals surface area contributed by atoms with Crippen molar-refractivity contribution in [3.63, 3.8) is 0 Å². The summed E-state index contributed by atoms with van der Waals surface area (Å²) in [5.74, 6) is 0.106. The van der Waals surface area contributed by atoms with E-state index in [1.54, 1.807) is 17.7 Å². The Morgan fingerprint density at radius 2 is 1.57 bits per heavy atom. The number of rotatable bonds is 8. The lowest BCUT2D eigenvalue weighted by molar-refractivity contribution is 0.0510. The first kappa shape index (κ1) is 24.9. The van der Waals surface area contributed by atoms with Crippen molar-refractivity contribution >= 4 is 22.6 Å². The van der Waals surface area contributed by atoms with Crippen LogP contribution < -0.4 is 4.43 Å². The Kier molecular flexibility index (Phi) is 7.75. The van der Waals surface area contributed by atoms with E-state index in [0.717, 1.165) is 0 Å². The standard InChI is InChI=1S/C20H40N2O4Si2/c1-12-24-18(23)16-15-17(26-28(10,11)20(5,6)7)21-22(16)13-14-25-27(8,9)19(2,3)4/h15H,12-14H2,1-11H3. The lowest BCUT2D eigenvalue weighted by atomic mass is 10.2. The number of nitrogens with zero attached hydrogens (tertiary/aromatic N) is 2. The Hall–Kier alpha value is -1.13. The van der Waals surface area contributed by atoms with Gasteiger partial charge >= 0.3 is 5.97 Å². The second kappa shape index (κ2) is 8.71. The number of hydrogen-bond donors (Lipinski definition) is 0. The normalized spacial score (nSPS) is 13.5. The maximum atomic E-state index is 12.4. The smallest absolute Gasteiger partial charge is 0.356 e. The molecule has 0 atom stereocenters. The molecule has 0 saturated carbocycles. The van der Waals surface area contributed by atoms with Crippen molar-refractivity contribution in [2.24, 2.45) is 0 Å². The summed E-state index contributed by atoms with van der Waals surface area (Å²) in [7, 11) is -3.90. The predicted octanol–water partition coefficient (Wildman–Crippen LogP) is 5.47. The fraction of sp³-hybridized carbons (Fsp3) is 0.800. The van der Waals surface area contributed by atoms with Gasteiger partial charge in [0.05, 0.1) is 19.8 Å². The maximum Gasteiger partial charge on any atom is 0.356 e. The van der Waals surface area contributed by atoms with Crippen molar-refractivity contribution in [3.8, 4) is 5.88 Å². The molecule has 6 nitrogen and oxygen atoms in total. The second-order valence-corrected chi connectivity index (χ2v) is 19.8. The van der Waals surface area contributed by atoms with Crippen LogP contribution >= 0.6 is 0 Å². The Balaban J connectivity index is 3.03. The van der Waals surface area contributed by atoms with Gasteiger partial charge in [-0.3, -0.25) is 4.68 Å². The molecule has 0 radical (unpaired) electrons. The Morgan fingerprint density at radius 1 is 1.04 bits per heavy atom. The zero-order valence-corrected chi connectivity index (χ0v) is 21.7. The zero-order chi connectivity index (χ0) is 22.0. The lowest BCUT2D eigenvalue weighted by Crippen LogP contribution is -2.44. The fourth-order valence-corrected chi connectivity index (χ4v) is 3.96. The maximum absolute atomic E-state index is 12.4. The molecule has 0 aliphatic rings. The van der Waals surface area contributed by atoms with Crippen LogP contribution in [0, 0.1) is 0 Å². The molecule has 0 spiro atoms. The molecule has 0 bridgehead atoms. The first-order valence-corrected chi connectivity index (χ1v) is 15.9. The van der Waals surface area contributed by atoms with E-state index in [9.17, 15) is 4.79 Å². The van der Waals surface area contributed by atoms with Crippen molar-refractivity contribution in [2.75, 3.05) is 13.2 Å². The number of hydrogen-bond acceptors (Lipinski definition) is 5. The Morgan fingerprint density at radius 3 is 2.04 bits per heavy atom. The van der Waals surface area contributed by atoms with Crippen LogP contribution in [-0.2, 0) is 15.7 Å². The largest absolute Gasteiger partial charge is 0.530 e. The van der Waals surface area contributed by atoms with Gasteiger partial charge in [0.2, 0.25) is 5.88 Å². The molecule has 1 heterocycles. The highest BCUT2D eigenvalue weighted by molar-refractivity contribution is 6.74. The molecule has 8 heteroatoms. The van der Waals surface area contributed by atoms with Crippen molar-refractivity contribution < 1.29 is 18.4 Å². The third-order valence-corrected chi connectivity index (χ3v) is 14.9.